The Morgan fingerprint density at radius 3 is 2.12 bits per heavy atom. The first kappa shape index (κ1) is 25.9. The summed E-state index contributed by atoms with van der Waals surface area (Å²) in [5.41, 5.74) is 14.5. The first-order valence-corrected chi connectivity index (χ1v) is 11.6. The van der Waals surface area contributed by atoms with Crippen LogP contribution in [-0.2, 0) is 0 Å². The van der Waals surface area contributed by atoms with E-state index in [-0.39, 0.29) is 0 Å². The molecule has 0 saturated carbocycles. The lowest BCUT2D eigenvalue weighted by atomic mass is 9.88. The normalized spacial score (nSPS) is 12.0. The third-order valence-electron chi connectivity index (χ3n) is 6.52. The molecule has 2 rings (SSSR count). The number of hydrogen-bond donors (Lipinski definition) is 1. The van der Waals surface area contributed by atoms with E-state index in [4.69, 9.17) is 5.26 Å². The molecule has 0 aromatic heterocycles. The first-order chi connectivity index (χ1) is 15.6. The maximum absolute atomic E-state index is 8.99. The van der Waals surface area contributed by atoms with Gasteiger partial charge in [-0.2, -0.15) is 5.26 Å². The quantitative estimate of drug-likeness (QED) is 0.421. The van der Waals surface area contributed by atoms with Crippen molar-refractivity contribution < 1.29 is 0 Å². The maximum atomic E-state index is 8.99. The average molecular weight is 439 g/mol. The van der Waals surface area contributed by atoms with Crippen molar-refractivity contribution in [2.45, 2.75) is 61.8 Å². The van der Waals surface area contributed by atoms with E-state index < -0.39 is 0 Å². The Morgan fingerprint density at radius 2 is 1.55 bits per heavy atom. The van der Waals surface area contributed by atoms with Gasteiger partial charge < -0.3 is 5.32 Å². The zero-order valence-electron chi connectivity index (χ0n) is 21.6. The molecule has 0 amide bonds. The summed E-state index contributed by atoms with van der Waals surface area (Å²) in [4.78, 5) is 0. The number of hydrogen-bond acceptors (Lipinski definition) is 2. The number of aryl methyl sites for hydroxylation is 2. The number of nitriles is 1. The molecule has 0 spiro atoms. The fraction of sp³-hybridized carbons (Fsp3) is 0.323. The van der Waals surface area contributed by atoms with Crippen LogP contribution in [0.3, 0.4) is 0 Å². The lowest BCUT2D eigenvalue weighted by molar-refractivity contribution is 0.798. The molecule has 0 aliphatic rings. The summed E-state index contributed by atoms with van der Waals surface area (Å²) < 4.78 is 0. The largest absolute Gasteiger partial charge is 0.388 e. The van der Waals surface area contributed by atoms with Crippen molar-refractivity contribution in [3.05, 3.63) is 105 Å². The molecule has 0 saturated heterocycles. The predicted octanol–water partition coefficient (Wildman–Crippen LogP) is 8.21. The van der Waals surface area contributed by atoms with Crippen molar-refractivity contribution in [1.29, 1.82) is 5.26 Å². The molecule has 2 nitrogen and oxygen atoms in total. The average Bonchev–Trinajstić information content (AvgIpc) is 2.79. The Morgan fingerprint density at radius 1 is 0.939 bits per heavy atom. The second-order valence-electron chi connectivity index (χ2n) is 9.15. The van der Waals surface area contributed by atoms with E-state index in [1.165, 1.54) is 33.4 Å². The summed E-state index contributed by atoms with van der Waals surface area (Å²) >= 11 is 0. The Balaban J connectivity index is 2.13. The lowest BCUT2D eigenvalue weighted by Crippen LogP contribution is -2.15. The van der Waals surface area contributed by atoms with Crippen LogP contribution in [0.2, 0.25) is 0 Å². The number of nitrogens with zero attached hydrogens (tertiary/aromatic N) is 1. The van der Waals surface area contributed by atoms with Gasteiger partial charge in [0.2, 0.25) is 0 Å². The van der Waals surface area contributed by atoms with Crippen LogP contribution in [0.15, 0.2) is 71.5 Å². The Kier molecular flexibility index (Phi) is 9.06. The molecule has 2 aromatic carbocycles. The molecular weight excluding hydrogens is 400 g/mol. The molecule has 0 radical (unpaired) electrons. The summed E-state index contributed by atoms with van der Waals surface area (Å²) in [7, 11) is 0. The fourth-order valence-corrected chi connectivity index (χ4v) is 4.05. The highest BCUT2D eigenvalue weighted by Crippen LogP contribution is 2.30. The number of allylic oxidation sites excluding steroid dienone is 6. The van der Waals surface area contributed by atoms with Crippen LogP contribution >= 0.6 is 0 Å². The Hall–Kier alpha value is -3.31. The predicted molar refractivity (Wildman–Crippen MR) is 144 cm³/mol. The van der Waals surface area contributed by atoms with Crippen molar-refractivity contribution in [3.63, 3.8) is 0 Å². The molecule has 2 heteroatoms. The third kappa shape index (κ3) is 6.59. The molecule has 0 bridgehead atoms. The Labute approximate surface area is 201 Å². The molecular formula is C31H38N2. The van der Waals surface area contributed by atoms with Crippen LogP contribution in [0, 0.1) is 32.1 Å². The van der Waals surface area contributed by atoms with Crippen LogP contribution in [0.5, 0.6) is 0 Å². The smallest absolute Gasteiger partial charge is 0.0991 e. The highest BCUT2D eigenvalue weighted by molar-refractivity contribution is 5.74. The monoisotopic (exact) mass is 438 g/mol. The van der Waals surface area contributed by atoms with Crippen LogP contribution < -0.4 is 5.32 Å². The number of rotatable bonds is 8. The van der Waals surface area contributed by atoms with Crippen molar-refractivity contribution in [3.8, 4) is 6.07 Å². The summed E-state index contributed by atoms with van der Waals surface area (Å²) in [5, 5.41) is 12.6. The maximum Gasteiger partial charge on any atom is 0.0991 e. The molecule has 1 N–H and O–H groups in total. The van der Waals surface area contributed by atoms with E-state index in [2.05, 4.69) is 91.6 Å². The minimum absolute atomic E-state index is 0.674. The second kappa shape index (κ2) is 11.5. The van der Waals surface area contributed by atoms with E-state index in [1.54, 1.807) is 0 Å². The van der Waals surface area contributed by atoms with Crippen molar-refractivity contribution >= 4 is 11.1 Å². The second-order valence-corrected chi connectivity index (χ2v) is 9.15. The Bertz CT molecular complexity index is 1160. The van der Waals surface area contributed by atoms with Crippen molar-refractivity contribution in [2.75, 3.05) is 6.54 Å². The van der Waals surface area contributed by atoms with Gasteiger partial charge in [-0.15, -0.1) is 0 Å². The molecule has 172 valence electrons. The van der Waals surface area contributed by atoms with Crippen LogP contribution in [0.25, 0.3) is 11.1 Å². The minimum atomic E-state index is 0.674. The zero-order valence-corrected chi connectivity index (χ0v) is 21.6. The molecule has 33 heavy (non-hydrogen) atoms. The highest BCUT2D eigenvalue weighted by atomic mass is 14.9. The molecule has 2 aromatic rings. The summed E-state index contributed by atoms with van der Waals surface area (Å²) in [6.07, 6.45) is 3.09. The fourth-order valence-electron chi connectivity index (χ4n) is 4.05. The minimum Gasteiger partial charge on any atom is -0.388 e. The van der Waals surface area contributed by atoms with Gasteiger partial charge in [-0.1, -0.05) is 42.5 Å². The summed E-state index contributed by atoms with van der Waals surface area (Å²) in [6.45, 7) is 22.5. The lowest BCUT2D eigenvalue weighted by Gasteiger charge is -2.19. The third-order valence-corrected chi connectivity index (χ3v) is 6.52. The van der Waals surface area contributed by atoms with Gasteiger partial charge in [0.1, 0.15) is 0 Å². The standard InChI is InChI=1S/C31H38N2/c1-20(2)30(31-22(4)11-10-21(3)26(31)8)16-17-33-27(9)25(7)23(5)18-24(6)29-14-12-28(19-32)13-15-29/h10-15,18,33H,5,16-17H2,1-4,6-9H3/b24-18+,27-25+. The van der Waals surface area contributed by atoms with Gasteiger partial charge in [-0.3, -0.25) is 0 Å². The van der Waals surface area contributed by atoms with E-state index in [0.717, 1.165) is 40.9 Å². The SMILES string of the molecule is C=C(/C=C(\C)c1ccc(C#N)cc1)/C(C)=C(\C)NCCC(=C(C)C)c1c(C)ccc(C)c1C. The van der Waals surface area contributed by atoms with Crippen LogP contribution in [-0.4, -0.2) is 6.54 Å². The van der Waals surface area contributed by atoms with Crippen LogP contribution in [0.4, 0.5) is 0 Å². The van der Waals surface area contributed by atoms with Gasteiger partial charge in [0.25, 0.3) is 0 Å². The van der Waals surface area contributed by atoms with Gasteiger partial charge in [0.15, 0.2) is 0 Å². The zero-order chi connectivity index (χ0) is 24.7. The van der Waals surface area contributed by atoms with Gasteiger partial charge in [0.05, 0.1) is 11.6 Å². The molecule has 0 atom stereocenters. The summed E-state index contributed by atoms with van der Waals surface area (Å²) in [5.74, 6) is 0. The molecule has 0 unspecified atom stereocenters. The van der Waals surface area contributed by atoms with Crippen LogP contribution in [0.1, 0.15) is 74.4 Å². The van der Waals surface area contributed by atoms with Crippen molar-refractivity contribution in [1.82, 2.24) is 5.32 Å². The van der Waals surface area contributed by atoms with E-state index in [9.17, 15) is 0 Å². The summed E-state index contributed by atoms with van der Waals surface area (Å²) in [6, 6.07) is 14.3. The van der Waals surface area contributed by atoms with Gasteiger partial charge in [0, 0.05) is 12.2 Å². The molecule has 0 fully saturated rings. The molecule has 0 heterocycles. The van der Waals surface area contributed by atoms with Gasteiger partial charge in [-0.25, -0.2) is 0 Å². The van der Waals surface area contributed by atoms with Gasteiger partial charge >= 0.3 is 0 Å². The highest BCUT2D eigenvalue weighted by Gasteiger charge is 2.12. The first-order valence-electron chi connectivity index (χ1n) is 11.6. The van der Waals surface area contributed by atoms with E-state index >= 15 is 0 Å². The number of nitrogens with one attached hydrogen (secondary N) is 1. The van der Waals surface area contributed by atoms with Crippen molar-refractivity contribution in [2.24, 2.45) is 0 Å². The van der Waals surface area contributed by atoms with E-state index in [1.807, 2.05) is 24.3 Å². The number of benzene rings is 2. The van der Waals surface area contributed by atoms with Gasteiger partial charge in [-0.05, 0) is 124 Å². The molecule has 0 aliphatic heterocycles. The topological polar surface area (TPSA) is 35.8 Å². The molecule has 0 aliphatic carbocycles. The van der Waals surface area contributed by atoms with E-state index in [0.29, 0.717) is 5.56 Å².